The Morgan fingerprint density at radius 1 is 1.14 bits per heavy atom. The number of aryl methyl sites for hydroxylation is 1. The van der Waals surface area contributed by atoms with Crippen molar-refractivity contribution in [3.05, 3.63) is 52.8 Å². The molecule has 0 amide bonds. The van der Waals surface area contributed by atoms with E-state index in [4.69, 9.17) is 16.1 Å². The lowest BCUT2D eigenvalue weighted by atomic mass is 10.1. The van der Waals surface area contributed by atoms with E-state index < -0.39 is 5.82 Å². The lowest BCUT2D eigenvalue weighted by molar-refractivity contribution is 0.431. The molecule has 3 aromatic rings. The van der Waals surface area contributed by atoms with Gasteiger partial charge in [0, 0.05) is 11.1 Å². The minimum Gasteiger partial charge on any atom is -0.508 e. The van der Waals surface area contributed by atoms with E-state index in [-0.39, 0.29) is 16.7 Å². The molecular formula is C15H10ClFN2O2. The Morgan fingerprint density at radius 3 is 2.62 bits per heavy atom. The summed E-state index contributed by atoms with van der Waals surface area (Å²) in [5.74, 6) is 0.206. The van der Waals surface area contributed by atoms with Crippen LogP contribution in [0.5, 0.6) is 5.75 Å². The largest absolute Gasteiger partial charge is 0.508 e. The molecule has 1 N–H and O–H groups in total. The summed E-state index contributed by atoms with van der Waals surface area (Å²) in [6, 6.07) is 9.25. The number of aromatic hydroxyl groups is 1. The minimum atomic E-state index is -0.507. The third kappa shape index (κ3) is 2.60. The zero-order chi connectivity index (χ0) is 15.0. The predicted molar refractivity (Wildman–Crippen MR) is 76.5 cm³/mol. The monoisotopic (exact) mass is 304 g/mol. The van der Waals surface area contributed by atoms with Gasteiger partial charge >= 0.3 is 0 Å². The summed E-state index contributed by atoms with van der Waals surface area (Å²) in [7, 11) is 0. The van der Waals surface area contributed by atoms with Crippen molar-refractivity contribution in [1.82, 2.24) is 10.1 Å². The highest BCUT2D eigenvalue weighted by molar-refractivity contribution is 6.31. The normalized spacial score (nSPS) is 10.8. The van der Waals surface area contributed by atoms with Crippen LogP contribution in [0.3, 0.4) is 0 Å². The van der Waals surface area contributed by atoms with Gasteiger partial charge in [-0.1, -0.05) is 22.8 Å². The first-order valence-corrected chi connectivity index (χ1v) is 6.51. The van der Waals surface area contributed by atoms with E-state index in [2.05, 4.69) is 10.1 Å². The van der Waals surface area contributed by atoms with Crippen LogP contribution < -0.4 is 0 Å². The maximum absolute atomic E-state index is 13.1. The topological polar surface area (TPSA) is 59.2 Å². The van der Waals surface area contributed by atoms with Crippen LogP contribution in [-0.4, -0.2) is 15.2 Å². The summed E-state index contributed by atoms with van der Waals surface area (Å²) in [6.07, 6.45) is 0. The molecule has 0 unspecified atom stereocenters. The SMILES string of the molecule is Cc1ccc(-c2nc(-c3ccc(F)c(Cl)c3)no2)cc1O. The smallest absolute Gasteiger partial charge is 0.258 e. The third-order valence-corrected chi connectivity index (χ3v) is 3.35. The van der Waals surface area contributed by atoms with Crippen LogP contribution in [0.4, 0.5) is 4.39 Å². The van der Waals surface area contributed by atoms with Crippen LogP contribution in [0, 0.1) is 12.7 Å². The maximum Gasteiger partial charge on any atom is 0.258 e. The van der Waals surface area contributed by atoms with Crippen molar-refractivity contribution in [2.75, 3.05) is 0 Å². The molecule has 21 heavy (non-hydrogen) atoms. The fourth-order valence-corrected chi connectivity index (χ4v) is 2.02. The summed E-state index contributed by atoms with van der Waals surface area (Å²) >= 11 is 5.73. The summed E-state index contributed by atoms with van der Waals surface area (Å²) in [5.41, 5.74) is 1.90. The fraction of sp³-hybridized carbons (Fsp3) is 0.0667. The second-order valence-corrected chi connectivity index (χ2v) is 4.96. The van der Waals surface area contributed by atoms with Gasteiger partial charge in [0.25, 0.3) is 5.89 Å². The van der Waals surface area contributed by atoms with Gasteiger partial charge in [0.2, 0.25) is 5.82 Å². The molecule has 0 saturated carbocycles. The molecule has 1 aromatic heterocycles. The Bertz CT molecular complexity index is 751. The number of phenols is 1. The Kier molecular flexibility index (Phi) is 3.35. The van der Waals surface area contributed by atoms with Crippen molar-refractivity contribution < 1.29 is 14.0 Å². The molecule has 0 fully saturated rings. The Labute approximate surface area is 124 Å². The highest BCUT2D eigenvalue weighted by atomic mass is 35.5. The third-order valence-electron chi connectivity index (χ3n) is 3.06. The van der Waals surface area contributed by atoms with Gasteiger partial charge in [-0.3, -0.25) is 0 Å². The minimum absolute atomic E-state index is 0.00756. The molecule has 0 spiro atoms. The quantitative estimate of drug-likeness (QED) is 0.770. The van der Waals surface area contributed by atoms with E-state index in [0.29, 0.717) is 17.0 Å². The van der Waals surface area contributed by atoms with Crippen molar-refractivity contribution in [3.63, 3.8) is 0 Å². The Hall–Kier alpha value is -2.40. The summed E-state index contributed by atoms with van der Waals surface area (Å²) in [4.78, 5) is 4.22. The first-order valence-electron chi connectivity index (χ1n) is 6.14. The molecule has 0 saturated heterocycles. The second kappa shape index (κ2) is 5.18. The molecule has 0 aliphatic carbocycles. The standard InChI is InChI=1S/C15H10ClFN2O2/c1-8-2-3-10(7-13(8)20)15-18-14(19-21-15)9-4-5-12(17)11(16)6-9/h2-7,20H,1H3. The zero-order valence-electron chi connectivity index (χ0n) is 11.0. The zero-order valence-corrected chi connectivity index (χ0v) is 11.7. The van der Waals surface area contributed by atoms with Crippen molar-refractivity contribution in [2.45, 2.75) is 6.92 Å². The van der Waals surface area contributed by atoms with E-state index >= 15 is 0 Å². The van der Waals surface area contributed by atoms with Crippen LogP contribution in [0.25, 0.3) is 22.8 Å². The second-order valence-electron chi connectivity index (χ2n) is 4.55. The van der Waals surface area contributed by atoms with Gasteiger partial charge < -0.3 is 9.63 Å². The molecule has 106 valence electrons. The highest BCUT2D eigenvalue weighted by Crippen LogP contribution is 2.28. The van der Waals surface area contributed by atoms with E-state index in [1.807, 2.05) is 0 Å². The van der Waals surface area contributed by atoms with E-state index in [0.717, 1.165) is 5.56 Å². The Morgan fingerprint density at radius 2 is 1.90 bits per heavy atom. The summed E-state index contributed by atoms with van der Waals surface area (Å²) < 4.78 is 18.3. The molecule has 0 radical (unpaired) electrons. The molecule has 3 rings (SSSR count). The molecule has 0 bridgehead atoms. The van der Waals surface area contributed by atoms with Gasteiger partial charge in [-0.15, -0.1) is 0 Å². The number of hydrogen-bond donors (Lipinski definition) is 1. The van der Waals surface area contributed by atoms with Gasteiger partial charge in [-0.05, 0) is 42.8 Å². The number of aromatic nitrogens is 2. The van der Waals surface area contributed by atoms with Crippen molar-refractivity contribution in [2.24, 2.45) is 0 Å². The Balaban J connectivity index is 1.99. The van der Waals surface area contributed by atoms with Crippen molar-refractivity contribution in [3.8, 4) is 28.6 Å². The van der Waals surface area contributed by atoms with E-state index in [1.165, 1.54) is 18.2 Å². The lowest BCUT2D eigenvalue weighted by Crippen LogP contribution is -1.84. The van der Waals surface area contributed by atoms with Gasteiger partial charge in [-0.25, -0.2) is 4.39 Å². The maximum atomic E-state index is 13.1. The highest BCUT2D eigenvalue weighted by Gasteiger charge is 2.13. The molecule has 0 aliphatic rings. The van der Waals surface area contributed by atoms with Crippen molar-refractivity contribution >= 4 is 11.6 Å². The van der Waals surface area contributed by atoms with Crippen molar-refractivity contribution in [1.29, 1.82) is 0 Å². The first-order chi connectivity index (χ1) is 10.0. The van der Waals surface area contributed by atoms with E-state index in [1.54, 1.807) is 25.1 Å². The lowest BCUT2D eigenvalue weighted by Gasteiger charge is -1.99. The van der Waals surface area contributed by atoms with Crippen LogP contribution in [0.15, 0.2) is 40.9 Å². The number of nitrogens with zero attached hydrogens (tertiary/aromatic N) is 2. The molecule has 0 atom stereocenters. The first kappa shape index (κ1) is 13.6. The molecule has 6 heteroatoms. The van der Waals surface area contributed by atoms with Gasteiger partial charge in [0.15, 0.2) is 0 Å². The van der Waals surface area contributed by atoms with Crippen LogP contribution in [0.2, 0.25) is 5.02 Å². The number of benzene rings is 2. The average molecular weight is 305 g/mol. The number of rotatable bonds is 2. The van der Waals surface area contributed by atoms with Crippen LogP contribution in [-0.2, 0) is 0 Å². The molecule has 0 aliphatic heterocycles. The molecule has 2 aromatic carbocycles. The van der Waals surface area contributed by atoms with Gasteiger partial charge in [-0.2, -0.15) is 4.98 Å². The van der Waals surface area contributed by atoms with E-state index in [9.17, 15) is 9.50 Å². The number of hydrogen-bond acceptors (Lipinski definition) is 4. The fourth-order valence-electron chi connectivity index (χ4n) is 1.84. The number of halogens is 2. The molecule has 4 nitrogen and oxygen atoms in total. The summed E-state index contributed by atoms with van der Waals surface area (Å²) in [5, 5.41) is 13.5. The molecule has 1 heterocycles. The van der Waals surface area contributed by atoms with Crippen LogP contribution in [0.1, 0.15) is 5.56 Å². The van der Waals surface area contributed by atoms with Gasteiger partial charge in [0.1, 0.15) is 11.6 Å². The number of phenolic OH excluding ortho intramolecular Hbond substituents is 1. The average Bonchev–Trinajstić information content (AvgIpc) is 2.94. The van der Waals surface area contributed by atoms with Gasteiger partial charge in [0.05, 0.1) is 5.02 Å². The molecular weight excluding hydrogens is 295 g/mol. The summed E-state index contributed by atoms with van der Waals surface area (Å²) in [6.45, 7) is 1.79. The van der Waals surface area contributed by atoms with Crippen LogP contribution >= 0.6 is 11.6 Å². The predicted octanol–water partition coefficient (Wildman–Crippen LogP) is 4.21.